The van der Waals surface area contributed by atoms with E-state index in [1.54, 1.807) is 25.3 Å². The summed E-state index contributed by atoms with van der Waals surface area (Å²) in [6.07, 6.45) is 5.25. The Labute approximate surface area is 81.6 Å². The van der Waals surface area contributed by atoms with Crippen molar-refractivity contribution in [1.82, 2.24) is 4.98 Å². The van der Waals surface area contributed by atoms with E-state index in [2.05, 4.69) is 4.98 Å². The zero-order valence-corrected chi connectivity index (χ0v) is 7.82. The molecule has 1 heterocycles. The van der Waals surface area contributed by atoms with E-state index in [9.17, 15) is 9.59 Å². The van der Waals surface area contributed by atoms with Crippen LogP contribution in [0, 0.1) is 0 Å². The Kier molecular flexibility index (Phi) is 3.67. The van der Waals surface area contributed by atoms with Gasteiger partial charge in [0.25, 0.3) is 0 Å². The Morgan fingerprint density at radius 2 is 2.43 bits per heavy atom. The first kappa shape index (κ1) is 10.2. The van der Waals surface area contributed by atoms with E-state index in [0.717, 1.165) is 5.56 Å². The van der Waals surface area contributed by atoms with Crippen molar-refractivity contribution in [2.75, 3.05) is 6.61 Å². The molecular formula is C10H11NO3. The highest BCUT2D eigenvalue weighted by Crippen LogP contribution is 2.03. The van der Waals surface area contributed by atoms with Gasteiger partial charge in [0, 0.05) is 12.3 Å². The van der Waals surface area contributed by atoms with Gasteiger partial charge in [-0.2, -0.15) is 0 Å². The molecule has 0 spiro atoms. The van der Waals surface area contributed by atoms with Gasteiger partial charge in [0.2, 0.25) is 0 Å². The summed E-state index contributed by atoms with van der Waals surface area (Å²) in [5, 5.41) is 0. The molecule has 0 unspecified atom stereocenters. The highest BCUT2D eigenvalue weighted by Gasteiger charge is 1.96. The number of H-pyrrole nitrogens is 1. The first-order valence-corrected chi connectivity index (χ1v) is 4.24. The largest absolute Gasteiger partial charge is 0.463 e. The highest BCUT2D eigenvalue weighted by atomic mass is 16.5. The predicted molar refractivity (Wildman–Crippen MR) is 51.8 cm³/mol. The van der Waals surface area contributed by atoms with E-state index in [-0.39, 0.29) is 5.97 Å². The Bertz CT molecular complexity index is 352. The van der Waals surface area contributed by atoms with E-state index in [4.69, 9.17) is 4.74 Å². The lowest BCUT2D eigenvalue weighted by atomic mass is 10.3. The van der Waals surface area contributed by atoms with Crippen molar-refractivity contribution < 1.29 is 14.3 Å². The topological polar surface area (TPSA) is 59.2 Å². The second-order valence-electron chi connectivity index (χ2n) is 2.59. The molecule has 0 bridgehead atoms. The van der Waals surface area contributed by atoms with Crippen LogP contribution >= 0.6 is 0 Å². The fourth-order valence-electron chi connectivity index (χ4n) is 0.948. The van der Waals surface area contributed by atoms with E-state index in [1.807, 2.05) is 0 Å². The van der Waals surface area contributed by atoms with Crippen LogP contribution in [0.1, 0.15) is 23.0 Å². The molecule has 0 aliphatic carbocycles. The van der Waals surface area contributed by atoms with Crippen molar-refractivity contribution in [3.63, 3.8) is 0 Å². The quantitative estimate of drug-likeness (QED) is 0.446. The summed E-state index contributed by atoms with van der Waals surface area (Å²) >= 11 is 0. The minimum absolute atomic E-state index is 0.357. The van der Waals surface area contributed by atoms with Crippen LogP contribution in [-0.4, -0.2) is 23.8 Å². The first-order valence-electron chi connectivity index (χ1n) is 4.24. The van der Waals surface area contributed by atoms with Crippen molar-refractivity contribution in [3.8, 4) is 0 Å². The molecule has 1 N–H and O–H groups in total. The number of rotatable bonds is 4. The van der Waals surface area contributed by atoms with Crippen LogP contribution in [0.3, 0.4) is 0 Å². The number of aromatic nitrogens is 1. The number of ether oxygens (including phenoxy) is 1. The number of esters is 1. The van der Waals surface area contributed by atoms with E-state index in [0.29, 0.717) is 18.6 Å². The average Bonchev–Trinajstić information content (AvgIpc) is 2.63. The number of carbonyl (C=O) groups is 2. The molecule has 0 aliphatic rings. The number of aldehydes is 1. The standard InChI is InChI=1S/C10H11NO3/c1-2-14-10(13)4-3-8-5-9(7-12)11-6-8/h3-7,11H,2H2,1H3. The van der Waals surface area contributed by atoms with Gasteiger partial charge in [-0.3, -0.25) is 4.79 Å². The molecule has 74 valence electrons. The molecule has 0 aromatic carbocycles. The van der Waals surface area contributed by atoms with Gasteiger partial charge in [0.15, 0.2) is 6.29 Å². The van der Waals surface area contributed by atoms with Crippen molar-refractivity contribution in [2.24, 2.45) is 0 Å². The molecule has 1 rings (SSSR count). The maximum absolute atomic E-state index is 10.9. The molecule has 0 amide bonds. The third-order valence-electron chi connectivity index (χ3n) is 1.55. The Morgan fingerprint density at radius 3 is 3.00 bits per heavy atom. The summed E-state index contributed by atoms with van der Waals surface area (Å²) in [7, 11) is 0. The summed E-state index contributed by atoms with van der Waals surface area (Å²) < 4.78 is 4.69. The highest BCUT2D eigenvalue weighted by molar-refractivity contribution is 5.87. The second-order valence-corrected chi connectivity index (χ2v) is 2.59. The van der Waals surface area contributed by atoms with E-state index < -0.39 is 0 Å². The molecule has 0 atom stereocenters. The number of nitrogens with one attached hydrogen (secondary N) is 1. The van der Waals surface area contributed by atoms with Crippen molar-refractivity contribution in [2.45, 2.75) is 6.92 Å². The van der Waals surface area contributed by atoms with Gasteiger partial charge in [-0.15, -0.1) is 0 Å². The molecule has 1 aromatic heterocycles. The SMILES string of the molecule is CCOC(=O)C=Cc1c[nH]c(C=O)c1. The van der Waals surface area contributed by atoms with Gasteiger partial charge in [-0.1, -0.05) is 0 Å². The number of hydrogen-bond acceptors (Lipinski definition) is 3. The first-order chi connectivity index (χ1) is 6.76. The average molecular weight is 193 g/mol. The molecule has 0 saturated heterocycles. The molecular weight excluding hydrogens is 182 g/mol. The van der Waals surface area contributed by atoms with E-state index in [1.165, 1.54) is 6.08 Å². The van der Waals surface area contributed by atoms with Crippen LogP contribution in [0.25, 0.3) is 6.08 Å². The van der Waals surface area contributed by atoms with Gasteiger partial charge in [-0.05, 0) is 24.6 Å². The summed E-state index contributed by atoms with van der Waals surface area (Å²) in [5.74, 6) is -0.388. The molecule has 14 heavy (non-hydrogen) atoms. The predicted octanol–water partition coefficient (Wildman–Crippen LogP) is 1.40. The van der Waals surface area contributed by atoms with Crippen molar-refractivity contribution in [1.29, 1.82) is 0 Å². The fraction of sp³-hybridized carbons (Fsp3) is 0.200. The zero-order chi connectivity index (χ0) is 10.4. The van der Waals surface area contributed by atoms with Gasteiger partial charge in [0.05, 0.1) is 12.3 Å². The third kappa shape index (κ3) is 2.90. The zero-order valence-electron chi connectivity index (χ0n) is 7.82. The third-order valence-corrected chi connectivity index (χ3v) is 1.55. The van der Waals surface area contributed by atoms with Crippen molar-refractivity contribution in [3.05, 3.63) is 29.6 Å². The smallest absolute Gasteiger partial charge is 0.330 e. The maximum Gasteiger partial charge on any atom is 0.330 e. The van der Waals surface area contributed by atoms with Crippen LogP contribution in [0.15, 0.2) is 18.3 Å². The summed E-state index contributed by atoms with van der Waals surface area (Å²) in [6.45, 7) is 2.10. The summed E-state index contributed by atoms with van der Waals surface area (Å²) in [6, 6.07) is 1.64. The van der Waals surface area contributed by atoms with Gasteiger partial charge in [0.1, 0.15) is 0 Å². The number of carbonyl (C=O) groups excluding carboxylic acids is 2. The Morgan fingerprint density at radius 1 is 1.64 bits per heavy atom. The number of aromatic amines is 1. The minimum Gasteiger partial charge on any atom is -0.463 e. The molecule has 0 saturated carbocycles. The molecule has 0 aliphatic heterocycles. The lowest BCUT2D eigenvalue weighted by molar-refractivity contribution is -0.137. The molecule has 0 radical (unpaired) electrons. The minimum atomic E-state index is -0.388. The Balaban J connectivity index is 2.59. The number of hydrogen-bond donors (Lipinski definition) is 1. The van der Waals surface area contributed by atoms with Gasteiger partial charge in [-0.25, -0.2) is 4.79 Å². The molecule has 1 aromatic rings. The molecule has 4 heteroatoms. The van der Waals surface area contributed by atoms with Crippen LogP contribution in [0.5, 0.6) is 0 Å². The molecule has 4 nitrogen and oxygen atoms in total. The van der Waals surface area contributed by atoms with Crippen LogP contribution in [0.2, 0.25) is 0 Å². The van der Waals surface area contributed by atoms with Crippen LogP contribution in [-0.2, 0) is 9.53 Å². The lowest BCUT2D eigenvalue weighted by Gasteiger charge is -1.93. The Hall–Kier alpha value is -1.84. The summed E-state index contributed by atoms with van der Waals surface area (Å²) in [4.78, 5) is 24.0. The molecule has 0 fully saturated rings. The van der Waals surface area contributed by atoms with Gasteiger partial charge < -0.3 is 9.72 Å². The van der Waals surface area contributed by atoms with Crippen molar-refractivity contribution >= 4 is 18.3 Å². The maximum atomic E-state index is 10.9. The van der Waals surface area contributed by atoms with Crippen LogP contribution in [0.4, 0.5) is 0 Å². The lowest BCUT2D eigenvalue weighted by Crippen LogP contribution is -1.98. The monoisotopic (exact) mass is 193 g/mol. The summed E-state index contributed by atoms with van der Waals surface area (Å²) in [5.41, 5.74) is 1.24. The van der Waals surface area contributed by atoms with Gasteiger partial charge >= 0.3 is 5.97 Å². The fourth-order valence-corrected chi connectivity index (χ4v) is 0.948. The second kappa shape index (κ2) is 5.01. The normalized spacial score (nSPS) is 10.4. The van der Waals surface area contributed by atoms with E-state index >= 15 is 0 Å². The van der Waals surface area contributed by atoms with Crippen LogP contribution < -0.4 is 0 Å².